The van der Waals surface area contributed by atoms with Crippen LogP contribution in [0.2, 0.25) is 0 Å². The third-order valence-electron chi connectivity index (χ3n) is 5.53. The number of hydrogen-bond donors (Lipinski definition) is 0. The summed E-state index contributed by atoms with van der Waals surface area (Å²) in [6.45, 7) is 3.91. The van der Waals surface area contributed by atoms with Crippen molar-refractivity contribution < 1.29 is 18.8 Å². The van der Waals surface area contributed by atoms with E-state index in [2.05, 4.69) is 73.2 Å². The number of hydrogen-bond acceptors (Lipinski definition) is 3. The number of carbonyl (C=O) groups is 1. The minimum atomic E-state index is -0.245. The Labute approximate surface area is 213 Å². The van der Waals surface area contributed by atoms with Crippen LogP contribution in [0.25, 0.3) is 0 Å². The monoisotopic (exact) mass is 648 g/mol. The van der Waals surface area contributed by atoms with Crippen molar-refractivity contribution in [1.29, 1.82) is 0 Å². The minimum absolute atomic E-state index is 0.0911. The first-order valence-electron chi connectivity index (χ1n) is 10.9. The summed E-state index contributed by atoms with van der Waals surface area (Å²) in [5.41, 5.74) is 1.75. The first-order valence-corrected chi connectivity index (χ1v) is 13.1. The van der Waals surface area contributed by atoms with Gasteiger partial charge in [-0.2, -0.15) is 0 Å². The summed E-state index contributed by atoms with van der Waals surface area (Å²) in [5, 5.41) is 0. The first-order chi connectivity index (χ1) is 14.7. The molecule has 1 aliphatic heterocycles. The average molecular weight is 648 g/mol. The largest absolute Gasteiger partial charge is 0.491 e. The van der Waals surface area contributed by atoms with Gasteiger partial charge < -0.3 is 14.0 Å². The van der Waals surface area contributed by atoms with E-state index in [9.17, 15) is 4.79 Å². The van der Waals surface area contributed by atoms with E-state index in [1.165, 1.54) is 0 Å². The number of para-hydroxylation sites is 1. The molecule has 31 heavy (non-hydrogen) atoms. The first kappa shape index (κ1) is 24.8. The molecule has 0 amide bonds. The van der Waals surface area contributed by atoms with Crippen molar-refractivity contribution in [3.8, 4) is 11.5 Å². The maximum atomic E-state index is 13.6. The van der Waals surface area contributed by atoms with Gasteiger partial charge in [0.15, 0.2) is 5.78 Å². The smallest absolute Gasteiger partial charge is 0.174 e. The number of nitrogens with zero attached hydrogens (tertiary/aromatic N) is 1. The summed E-state index contributed by atoms with van der Waals surface area (Å²) in [4.78, 5) is 13.6. The number of quaternary nitrogens is 1. The summed E-state index contributed by atoms with van der Waals surface area (Å²) in [6.07, 6.45) is 3.94. The van der Waals surface area contributed by atoms with Gasteiger partial charge >= 0.3 is 0 Å². The van der Waals surface area contributed by atoms with Gasteiger partial charge in [-0.05, 0) is 69.8 Å². The van der Waals surface area contributed by atoms with Crippen molar-refractivity contribution in [3.63, 3.8) is 0 Å². The molecule has 0 spiro atoms. The van der Waals surface area contributed by atoms with Crippen molar-refractivity contribution >= 4 is 51.0 Å². The summed E-state index contributed by atoms with van der Waals surface area (Å²) in [6, 6.07) is 11.9. The van der Waals surface area contributed by atoms with Crippen molar-refractivity contribution in [3.05, 3.63) is 54.7 Å². The van der Waals surface area contributed by atoms with Gasteiger partial charge in [-0.25, -0.2) is 0 Å². The van der Waals surface area contributed by atoms with Crippen LogP contribution in [-0.4, -0.2) is 50.7 Å². The van der Waals surface area contributed by atoms with Crippen molar-refractivity contribution in [2.24, 2.45) is 0 Å². The molecule has 2 aromatic rings. The number of fused-ring (bicyclic) bond motifs is 1. The maximum Gasteiger partial charge on any atom is 0.174 e. The maximum absolute atomic E-state index is 13.6. The molecule has 4 nitrogen and oxygen atoms in total. The molecule has 0 saturated heterocycles. The van der Waals surface area contributed by atoms with Gasteiger partial charge in [-0.15, -0.1) is 0 Å². The van der Waals surface area contributed by atoms with Gasteiger partial charge in [0.1, 0.15) is 17.6 Å². The van der Waals surface area contributed by atoms with Gasteiger partial charge in [0.2, 0.25) is 0 Å². The Morgan fingerprint density at radius 1 is 1.10 bits per heavy atom. The van der Waals surface area contributed by atoms with E-state index in [1.807, 2.05) is 36.4 Å². The summed E-state index contributed by atoms with van der Waals surface area (Å²) < 4.78 is 15.2. The number of benzene rings is 2. The van der Waals surface area contributed by atoms with E-state index in [1.54, 1.807) is 0 Å². The molecule has 1 aliphatic rings. The van der Waals surface area contributed by atoms with Gasteiger partial charge in [0.05, 0.1) is 47.4 Å². The van der Waals surface area contributed by atoms with Crippen LogP contribution in [0, 0.1) is 7.14 Å². The Morgan fingerprint density at radius 2 is 1.77 bits per heavy atom. The van der Waals surface area contributed by atoms with Crippen molar-refractivity contribution in [1.82, 2.24) is 0 Å². The van der Waals surface area contributed by atoms with Crippen molar-refractivity contribution in [2.75, 3.05) is 34.3 Å². The number of unbranched alkanes of at least 4 members (excludes halogenated alkanes) is 1. The lowest BCUT2D eigenvalue weighted by atomic mass is 9.86. The second-order valence-corrected chi connectivity index (χ2v) is 11.5. The molecule has 2 aromatic carbocycles. The van der Waals surface area contributed by atoms with E-state index in [0.29, 0.717) is 6.61 Å². The molecule has 6 heteroatoms. The Hall–Kier alpha value is -0.870. The Morgan fingerprint density at radius 3 is 2.42 bits per heavy atom. The van der Waals surface area contributed by atoms with E-state index in [4.69, 9.17) is 9.47 Å². The number of ether oxygens (including phenoxy) is 2. The van der Waals surface area contributed by atoms with E-state index >= 15 is 0 Å². The van der Waals surface area contributed by atoms with Crippen LogP contribution in [0.15, 0.2) is 36.4 Å². The van der Waals surface area contributed by atoms with Crippen LogP contribution in [0.1, 0.15) is 54.4 Å². The fraction of sp³-hybridized carbons (Fsp3) is 0.480. The van der Waals surface area contributed by atoms with Gasteiger partial charge in [0.25, 0.3) is 0 Å². The van der Waals surface area contributed by atoms with Gasteiger partial charge in [-0.3, -0.25) is 4.79 Å². The zero-order valence-electron chi connectivity index (χ0n) is 18.8. The molecule has 0 fully saturated rings. The van der Waals surface area contributed by atoms with Crippen LogP contribution in [0.3, 0.4) is 0 Å². The topological polar surface area (TPSA) is 35.5 Å². The van der Waals surface area contributed by atoms with Gasteiger partial charge in [-0.1, -0.05) is 38.0 Å². The lowest BCUT2D eigenvalue weighted by molar-refractivity contribution is -0.870. The van der Waals surface area contributed by atoms with Crippen LogP contribution in [0.5, 0.6) is 11.5 Å². The highest BCUT2D eigenvalue weighted by Gasteiger charge is 2.39. The van der Waals surface area contributed by atoms with Crippen molar-refractivity contribution in [2.45, 2.75) is 44.6 Å². The number of halogens is 2. The average Bonchev–Trinajstić information content (AvgIpc) is 3.07. The van der Waals surface area contributed by atoms with E-state index in [-0.39, 0.29) is 17.8 Å². The molecule has 1 heterocycles. The van der Waals surface area contributed by atoms with Crippen LogP contribution >= 0.6 is 45.2 Å². The normalized spacial score (nSPS) is 17.9. The molecule has 0 radical (unpaired) electrons. The predicted octanol–water partition coefficient (Wildman–Crippen LogP) is 6.29. The predicted molar refractivity (Wildman–Crippen MR) is 142 cm³/mol. The molecule has 0 saturated carbocycles. The quantitative estimate of drug-likeness (QED) is 0.132. The fourth-order valence-electron chi connectivity index (χ4n) is 3.95. The van der Waals surface area contributed by atoms with E-state index in [0.717, 1.165) is 66.5 Å². The molecule has 2 unspecified atom stereocenters. The number of carbonyl (C=O) groups excluding carboxylic acids is 1. The fourth-order valence-corrected chi connectivity index (χ4v) is 6.03. The molecule has 2 atom stereocenters. The molecule has 0 N–H and O–H groups in total. The van der Waals surface area contributed by atoms with Gasteiger partial charge in [0, 0.05) is 17.5 Å². The molecule has 0 aromatic heterocycles. The van der Waals surface area contributed by atoms with Crippen LogP contribution in [-0.2, 0) is 0 Å². The summed E-state index contributed by atoms with van der Waals surface area (Å²) in [5.74, 6) is 1.62. The number of rotatable bonds is 10. The zero-order chi connectivity index (χ0) is 22.6. The lowest BCUT2D eigenvalue weighted by Crippen LogP contribution is -2.36. The Balaban J connectivity index is 1.79. The highest BCUT2D eigenvalue weighted by Crippen LogP contribution is 2.42. The highest BCUT2D eigenvalue weighted by atomic mass is 127. The summed E-state index contributed by atoms with van der Waals surface area (Å²) >= 11 is 4.57. The Kier molecular flexibility index (Phi) is 8.65. The minimum Gasteiger partial charge on any atom is -0.491 e. The third kappa shape index (κ3) is 6.35. The molecule has 0 bridgehead atoms. The second-order valence-electron chi connectivity index (χ2n) is 9.16. The lowest BCUT2D eigenvalue weighted by Gasteiger charge is -2.24. The van der Waals surface area contributed by atoms with Crippen LogP contribution in [0.4, 0.5) is 0 Å². The van der Waals surface area contributed by atoms with E-state index < -0.39 is 0 Å². The zero-order valence-corrected chi connectivity index (χ0v) is 23.1. The summed E-state index contributed by atoms with van der Waals surface area (Å²) in [7, 11) is 6.56. The third-order valence-corrected chi connectivity index (χ3v) is 7.13. The standard InChI is InChI=1S/C25H32I2NO3/c1-5-6-11-22-23(18-10-7-8-12-21(18)31-22)24(29)17-15-19(26)25(20(27)16-17)30-14-9-13-28(2,3)4/h7-8,10,12,15-16,22-23H,5-6,9,11,13-14H2,1-4H3/q+1. The Bertz CT molecular complexity index is 900. The van der Waals surface area contributed by atoms with Crippen LogP contribution < -0.4 is 9.47 Å². The molecule has 0 aliphatic carbocycles. The SMILES string of the molecule is CCCCC1Oc2ccccc2C1C(=O)c1cc(I)c(OCCC[N+](C)(C)C)c(I)c1. The molecule has 3 rings (SSSR count). The number of Topliss-reactive ketones (excluding diaryl/α,β-unsaturated/α-hetero) is 1. The molecule has 168 valence electrons. The molecular weight excluding hydrogens is 616 g/mol. The highest BCUT2D eigenvalue weighted by molar-refractivity contribution is 14.1. The number of ketones is 1. The second kappa shape index (κ2) is 10.8. The molecular formula is C25H32I2NO3+.